The highest BCUT2D eigenvalue weighted by Gasteiger charge is 2.62. The Labute approximate surface area is 255 Å². The second kappa shape index (κ2) is 10.3. The van der Waals surface area contributed by atoms with Gasteiger partial charge < -0.3 is 9.57 Å². The monoisotopic (exact) mass is 626 g/mol. The highest BCUT2D eigenvalue weighted by atomic mass is 35.5. The second-order valence-corrected chi connectivity index (χ2v) is 12.0. The van der Waals surface area contributed by atoms with E-state index in [0.717, 1.165) is 23.3 Å². The SMILES string of the molecule is Fc1c(Cl)cc([C@]2(C(F)(F)F)CC(c3ccc4c(c3)COC43CN(C(c4ccccc4)c4ccccc4)C3)=NO2)cc1Cl. The Morgan fingerprint density at radius 1 is 0.837 bits per heavy atom. The largest absolute Gasteiger partial charge is 0.435 e. The van der Waals surface area contributed by atoms with Crippen molar-refractivity contribution in [2.75, 3.05) is 13.1 Å². The van der Waals surface area contributed by atoms with Crippen molar-refractivity contribution in [2.45, 2.75) is 36.4 Å². The fourth-order valence-electron chi connectivity index (χ4n) is 6.42. The molecule has 0 bridgehead atoms. The number of likely N-dealkylation sites (tertiary alicyclic amines) is 1. The summed E-state index contributed by atoms with van der Waals surface area (Å²) in [6, 6.07) is 27.9. The molecule has 10 heteroatoms. The first-order valence-electron chi connectivity index (χ1n) is 13.7. The Kier molecular flexibility index (Phi) is 6.81. The lowest BCUT2D eigenvalue weighted by Gasteiger charge is -2.51. The third-order valence-corrected chi connectivity index (χ3v) is 9.13. The van der Waals surface area contributed by atoms with Crippen LogP contribution in [0.3, 0.4) is 0 Å². The van der Waals surface area contributed by atoms with Gasteiger partial charge in [0.15, 0.2) is 5.82 Å². The minimum Gasteiger partial charge on any atom is -0.374 e. The normalized spacial score (nSPS) is 21.0. The van der Waals surface area contributed by atoms with Gasteiger partial charge >= 0.3 is 6.18 Å². The number of hydrogen-bond acceptors (Lipinski definition) is 4. The molecule has 0 saturated carbocycles. The van der Waals surface area contributed by atoms with E-state index < -0.39 is 45.2 Å². The molecule has 1 spiro atoms. The van der Waals surface area contributed by atoms with E-state index in [4.69, 9.17) is 32.8 Å². The molecular formula is C33H24Cl2F4N2O2. The Bertz CT molecular complexity index is 1660. The van der Waals surface area contributed by atoms with Gasteiger partial charge in [0.05, 0.1) is 28.4 Å². The molecule has 3 aliphatic heterocycles. The van der Waals surface area contributed by atoms with E-state index in [9.17, 15) is 17.6 Å². The predicted octanol–water partition coefficient (Wildman–Crippen LogP) is 8.55. The first-order chi connectivity index (χ1) is 20.6. The molecule has 3 heterocycles. The van der Waals surface area contributed by atoms with E-state index in [0.29, 0.717) is 25.3 Å². The van der Waals surface area contributed by atoms with Crippen LogP contribution in [0.4, 0.5) is 17.6 Å². The van der Waals surface area contributed by atoms with Crippen LogP contribution >= 0.6 is 23.2 Å². The average Bonchev–Trinajstić information content (AvgIpc) is 3.60. The van der Waals surface area contributed by atoms with Crippen molar-refractivity contribution >= 4 is 28.9 Å². The molecule has 0 amide bonds. The minimum absolute atomic E-state index is 0.0638. The Morgan fingerprint density at radius 3 is 2.02 bits per heavy atom. The molecule has 0 N–H and O–H groups in total. The van der Waals surface area contributed by atoms with Crippen LogP contribution in [-0.4, -0.2) is 29.9 Å². The van der Waals surface area contributed by atoms with Gasteiger partial charge in [-0.3, -0.25) is 4.90 Å². The van der Waals surface area contributed by atoms with Crippen LogP contribution in [-0.2, 0) is 27.4 Å². The molecule has 1 atom stereocenters. The standard InChI is InChI=1S/C33H24Cl2F4N2O2/c34-26-14-24(15-27(35)29(26)36)32(33(37,38)39)16-28(40-43-32)22-11-12-25-23(13-22)17-42-31(25)18-41(19-31)30(20-7-3-1-4-8-20)21-9-5-2-6-10-21/h1-15,30H,16-19H2/t32-/m0/s1. The van der Waals surface area contributed by atoms with E-state index in [1.807, 2.05) is 48.5 Å². The van der Waals surface area contributed by atoms with Crippen LogP contribution < -0.4 is 0 Å². The Morgan fingerprint density at radius 2 is 1.44 bits per heavy atom. The van der Waals surface area contributed by atoms with Crippen molar-refractivity contribution < 1.29 is 27.1 Å². The molecule has 0 aromatic heterocycles. The van der Waals surface area contributed by atoms with Crippen molar-refractivity contribution in [3.63, 3.8) is 0 Å². The zero-order valence-corrected chi connectivity index (χ0v) is 24.1. The number of fused-ring (bicyclic) bond motifs is 2. The van der Waals surface area contributed by atoms with E-state index in [1.165, 1.54) is 11.1 Å². The average molecular weight is 627 g/mol. The molecule has 7 rings (SSSR count). The maximum absolute atomic E-state index is 14.5. The smallest absolute Gasteiger partial charge is 0.374 e. The summed E-state index contributed by atoms with van der Waals surface area (Å²) in [7, 11) is 0. The van der Waals surface area contributed by atoms with Gasteiger partial charge in [-0.25, -0.2) is 4.39 Å². The second-order valence-electron chi connectivity index (χ2n) is 11.2. The summed E-state index contributed by atoms with van der Waals surface area (Å²) in [5, 5.41) is 2.79. The van der Waals surface area contributed by atoms with Crippen LogP contribution in [0.5, 0.6) is 0 Å². The molecule has 0 aliphatic carbocycles. The van der Waals surface area contributed by atoms with E-state index in [-0.39, 0.29) is 11.8 Å². The van der Waals surface area contributed by atoms with Crippen molar-refractivity contribution in [3.8, 4) is 0 Å². The zero-order valence-electron chi connectivity index (χ0n) is 22.5. The summed E-state index contributed by atoms with van der Waals surface area (Å²) < 4.78 is 63.8. The summed E-state index contributed by atoms with van der Waals surface area (Å²) in [6.45, 7) is 1.67. The number of rotatable bonds is 5. The molecule has 0 radical (unpaired) electrons. The van der Waals surface area contributed by atoms with Crippen molar-refractivity contribution in [3.05, 3.63) is 140 Å². The first kappa shape index (κ1) is 28.3. The van der Waals surface area contributed by atoms with Gasteiger partial charge in [-0.05, 0) is 46.0 Å². The summed E-state index contributed by atoms with van der Waals surface area (Å²) in [4.78, 5) is 7.48. The van der Waals surface area contributed by atoms with Gasteiger partial charge in [0.2, 0.25) is 0 Å². The van der Waals surface area contributed by atoms with Crippen LogP contribution in [0.2, 0.25) is 10.0 Å². The third-order valence-electron chi connectivity index (χ3n) is 8.58. The number of benzene rings is 4. The molecule has 220 valence electrons. The van der Waals surface area contributed by atoms with E-state index in [1.54, 1.807) is 6.07 Å². The molecule has 4 aromatic carbocycles. The first-order valence-corrected chi connectivity index (χ1v) is 14.4. The van der Waals surface area contributed by atoms with Gasteiger partial charge in [0.25, 0.3) is 5.60 Å². The van der Waals surface area contributed by atoms with Crippen LogP contribution in [0.15, 0.2) is 96.2 Å². The summed E-state index contributed by atoms with van der Waals surface area (Å²) >= 11 is 11.7. The predicted molar refractivity (Wildman–Crippen MR) is 156 cm³/mol. The van der Waals surface area contributed by atoms with E-state index >= 15 is 0 Å². The third kappa shape index (κ3) is 4.63. The number of nitrogens with zero attached hydrogens (tertiary/aromatic N) is 2. The van der Waals surface area contributed by atoms with Crippen molar-refractivity contribution in [1.82, 2.24) is 4.90 Å². The molecule has 1 saturated heterocycles. The minimum atomic E-state index is -4.88. The van der Waals surface area contributed by atoms with Gasteiger partial charge in [-0.15, -0.1) is 0 Å². The Hall–Kier alpha value is -3.43. The van der Waals surface area contributed by atoms with Crippen LogP contribution in [0.1, 0.15) is 45.8 Å². The van der Waals surface area contributed by atoms with Gasteiger partial charge in [0, 0.05) is 25.1 Å². The molecule has 43 heavy (non-hydrogen) atoms. The fraction of sp³-hybridized carbons (Fsp3) is 0.242. The molecule has 4 aromatic rings. The maximum atomic E-state index is 14.5. The number of alkyl halides is 3. The fourth-order valence-corrected chi connectivity index (χ4v) is 6.90. The number of hydrogen-bond donors (Lipinski definition) is 0. The number of halogens is 6. The molecule has 4 nitrogen and oxygen atoms in total. The quantitative estimate of drug-likeness (QED) is 0.164. The van der Waals surface area contributed by atoms with Gasteiger partial charge in [-0.2, -0.15) is 13.2 Å². The summed E-state index contributed by atoms with van der Waals surface area (Å²) in [5.74, 6) is -0.996. The molecule has 0 unspecified atom stereocenters. The highest BCUT2D eigenvalue weighted by molar-refractivity contribution is 6.35. The maximum Gasteiger partial charge on any atom is 0.435 e. The summed E-state index contributed by atoms with van der Waals surface area (Å²) in [5.41, 5.74) is 1.13. The van der Waals surface area contributed by atoms with Gasteiger partial charge in [-0.1, -0.05) is 101 Å². The lowest BCUT2D eigenvalue weighted by molar-refractivity contribution is -0.275. The zero-order chi connectivity index (χ0) is 30.0. The lowest BCUT2D eigenvalue weighted by atomic mass is 9.81. The highest BCUT2D eigenvalue weighted by Crippen LogP contribution is 2.51. The Balaban J connectivity index is 1.14. The molecule has 3 aliphatic rings. The molecule has 1 fully saturated rings. The van der Waals surface area contributed by atoms with Crippen LogP contribution in [0, 0.1) is 5.82 Å². The topological polar surface area (TPSA) is 34.1 Å². The number of oxime groups is 1. The van der Waals surface area contributed by atoms with Crippen molar-refractivity contribution in [1.29, 1.82) is 0 Å². The molecular weight excluding hydrogens is 603 g/mol. The lowest BCUT2D eigenvalue weighted by Crippen LogP contribution is -2.60. The van der Waals surface area contributed by atoms with Gasteiger partial charge in [0.1, 0.15) is 5.60 Å². The summed E-state index contributed by atoms with van der Waals surface area (Å²) in [6.07, 6.45) is -5.50. The van der Waals surface area contributed by atoms with E-state index in [2.05, 4.69) is 34.3 Å². The van der Waals surface area contributed by atoms with Crippen LogP contribution in [0.25, 0.3) is 0 Å². The number of ether oxygens (including phenoxy) is 1. The van der Waals surface area contributed by atoms with Crippen molar-refractivity contribution in [2.24, 2.45) is 5.16 Å².